The molecule has 36 heavy (non-hydrogen) atoms. The molecule has 3 aliphatic rings. The van der Waals surface area contributed by atoms with Gasteiger partial charge in [0, 0.05) is 18.7 Å². The lowest BCUT2D eigenvalue weighted by Gasteiger charge is -2.19. The van der Waals surface area contributed by atoms with Gasteiger partial charge in [0.05, 0.1) is 18.2 Å². The van der Waals surface area contributed by atoms with Crippen molar-refractivity contribution >= 4 is 22.7 Å². The van der Waals surface area contributed by atoms with Gasteiger partial charge in [-0.15, -0.1) is 0 Å². The maximum Gasteiger partial charge on any atom is 0.236 e. The molecule has 2 aliphatic heterocycles. The summed E-state index contributed by atoms with van der Waals surface area (Å²) in [5, 5.41) is 15.1. The zero-order valence-corrected chi connectivity index (χ0v) is 21.9. The lowest BCUT2D eigenvalue weighted by molar-refractivity contribution is -0.128. The van der Waals surface area contributed by atoms with Crippen LogP contribution in [0.25, 0.3) is 0 Å². The summed E-state index contributed by atoms with van der Waals surface area (Å²) < 4.78 is 5.73. The summed E-state index contributed by atoms with van der Waals surface area (Å²) in [5.74, 6) is 0.727. The van der Waals surface area contributed by atoms with Gasteiger partial charge in [-0.3, -0.25) is 10.2 Å². The van der Waals surface area contributed by atoms with Crippen molar-refractivity contribution in [2.45, 2.75) is 63.9 Å². The topological polar surface area (TPSA) is 104 Å². The highest BCUT2D eigenvalue weighted by Crippen LogP contribution is 2.38. The van der Waals surface area contributed by atoms with Gasteiger partial charge in [0.15, 0.2) is 0 Å². The van der Waals surface area contributed by atoms with E-state index >= 15 is 0 Å². The number of nitrogens with one attached hydrogen (secondary N) is 1. The van der Waals surface area contributed by atoms with Crippen LogP contribution in [0, 0.1) is 11.3 Å². The van der Waals surface area contributed by atoms with Crippen LogP contribution in [0.2, 0.25) is 0 Å². The number of nitrogens with two attached hydrogens (primary N) is 1. The number of ether oxygens (including phenoxy) is 1. The second-order valence-electron chi connectivity index (χ2n) is 9.52. The summed E-state index contributed by atoms with van der Waals surface area (Å²) in [4.78, 5) is 12.6. The summed E-state index contributed by atoms with van der Waals surface area (Å²) in [6.45, 7) is 5.92. The molecule has 0 saturated carbocycles. The van der Waals surface area contributed by atoms with Crippen LogP contribution in [0.3, 0.4) is 0 Å². The van der Waals surface area contributed by atoms with Crippen LogP contribution in [0.15, 0.2) is 41.5 Å². The minimum atomic E-state index is 0.0136. The number of nitrogens with zero attached hydrogens (tertiary/aromatic N) is 3. The molecular formula is C28H35N5O2S. The molecule has 7 nitrogen and oxygen atoms in total. The lowest BCUT2D eigenvalue weighted by atomic mass is 9.88. The zero-order chi connectivity index (χ0) is 25.5. The van der Waals surface area contributed by atoms with Crippen LogP contribution < -0.4 is 15.9 Å². The fraction of sp³-hybridized carbons (Fsp3) is 0.464. The van der Waals surface area contributed by atoms with E-state index in [9.17, 15) is 10.1 Å². The molecule has 1 fully saturated rings. The van der Waals surface area contributed by atoms with Crippen LogP contribution in [-0.2, 0) is 17.6 Å². The van der Waals surface area contributed by atoms with Crippen molar-refractivity contribution in [3.63, 3.8) is 0 Å². The van der Waals surface area contributed by atoms with Crippen molar-refractivity contribution in [1.29, 1.82) is 5.26 Å². The molecule has 0 bridgehead atoms. The van der Waals surface area contributed by atoms with E-state index in [1.54, 1.807) is 11.8 Å². The molecule has 2 aromatic rings. The van der Waals surface area contributed by atoms with Gasteiger partial charge < -0.3 is 15.4 Å². The number of benzene rings is 2. The van der Waals surface area contributed by atoms with Gasteiger partial charge in [0.25, 0.3) is 0 Å². The Morgan fingerprint density at radius 3 is 2.72 bits per heavy atom. The second kappa shape index (κ2) is 12.3. The number of aryl methyl sites for hydroxylation is 1. The van der Waals surface area contributed by atoms with Crippen molar-refractivity contribution in [1.82, 2.24) is 10.3 Å². The molecule has 0 aromatic heterocycles. The Morgan fingerprint density at radius 2 is 2.00 bits per heavy atom. The molecule has 2 heterocycles. The van der Waals surface area contributed by atoms with Gasteiger partial charge in [-0.2, -0.15) is 10.4 Å². The van der Waals surface area contributed by atoms with Crippen molar-refractivity contribution in [3.8, 4) is 11.8 Å². The standard InChI is InChI=1S/C22H23N3OS.C6H12N2O/c1-14(2)26-20-11-10-16(12-17(20)13-23)21-24-25-22(27-21)19-9-5-7-15-6-3-4-8-18(15)19;7-5-6(9)8-3-1-2-4-8/h5,7,9-12,14,21,24H,3-4,6,8H2,1-2H3;1-5,7H2. The number of hydrogen-bond acceptors (Lipinski definition) is 7. The predicted octanol–water partition coefficient (Wildman–Crippen LogP) is 4.49. The van der Waals surface area contributed by atoms with Crippen molar-refractivity contribution < 1.29 is 9.53 Å². The number of nitriles is 1. The number of thioether (sulfide) groups is 1. The minimum Gasteiger partial charge on any atom is -0.490 e. The number of carbonyl (C=O) groups is 1. The molecule has 2 aromatic carbocycles. The zero-order valence-electron chi connectivity index (χ0n) is 21.1. The molecule has 5 rings (SSSR count). The van der Waals surface area contributed by atoms with Crippen LogP contribution in [0.1, 0.15) is 72.7 Å². The number of hydrogen-bond donors (Lipinski definition) is 2. The third-order valence-electron chi connectivity index (χ3n) is 6.56. The van der Waals surface area contributed by atoms with Crippen LogP contribution >= 0.6 is 11.8 Å². The molecule has 0 spiro atoms. The van der Waals surface area contributed by atoms with Gasteiger partial charge in [-0.05, 0) is 81.2 Å². The summed E-state index contributed by atoms with van der Waals surface area (Å²) in [6, 6.07) is 14.6. The second-order valence-corrected chi connectivity index (χ2v) is 10.6. The Balaban J connectivity index is 0.000000286. The van der Waals surface area contributed by atoms with E-state index in [2.05, 4.69) is 34.8 Å². The van der Waals surface area contributed by atoms with E-state index in [4.69, 9.17) is 10.5 Å². The highest BCUT2D eigenvalue weighted by Gasteiger charge is 2.26. The molecule has 1 saturated heterocycles. The largest absolute Gasteiger partial charge is 0.490 e. The Bertz CT molecular complexity index is 1150. The van der Waals surface area contributed by atoms with Crippen LogP contribution in [0.5, 0.6) is 5.75 Å². The number of rotatable bonds is 5. The Morgan fingerprint density at radius 1 is 1.22 bits per heavy atom. The Labute approximate surface area is 218 Å². The summed E-state index contributed by atoms with van der Waals surface area (Å²) in [5.41, 5.74) is 14.2. The Kier molecular flexibility index (Phi) is 8.89. The molecule has 1 amide bonds. The third kappa shape index (κ3) is 6.21. The van der Waals surface area contributed by atoms with Crippen molar-refractivity contribution in [2.75, 3.05) is 19.6 Å². The van der Waals surface area contributed by atoms with E-state index in [1.165, 1.54) is 36.0 Å². The lowest BCUT2D eigenvalue weighted by Crippen LogP contribution is -2.33. The number of hydrazone groups is 1. The maximum absolute atomic E-state index is 10.8. The van der Waals surface area contributed by atoms with Gasteiger partial charge in [-0.25, -0.2) is 0 Å². The molecule has 1 unspecified atom stereocenters. The summed E-state index contributed by atoms with van der Waals surface area (Å²) >= 11 is 1.72. The van der Waals surface area contributed by atoms with Gasteiger partial charge in [0.2, 0.25) is 5.91 Å². The monoisotopic (exact) mass is 505 g/mol. The van der Waals surface area contributed by atoms with Gasteiger partial charge in [-0.1, -0.05) is 36.0 Å². The quantitative estimate of drug-likeness (QED) is 0.621. The van der Waals surface area contributed by atoms with E-state index in [0.29, 0.717) is 11.3 Å². The van der Waals surface area contributed by atoms with E-state index < -0.39 is 0 Å². The average Bonchev–Trinajstić information content (AvgIpc) is 3.61. The number of amides is 1. The first-order chi connectivity index (χ1) is 17.5. The molecule has 0 radical (unpaired) electrons. The molecule has 1 aliphatic carbocycles. The van der Waals surface area contributed by atoms with Crippen LogP contribution in [-0.4, -0.2) is 41.6 Å². The van der Waals surface area contributed by atoms with Gasteiger partial charge >= 0.3 is 0 Å². The van der Waals surface area contributed by atoms with Crippen molar-refractivity contribution in [3.05, 3.63) is 64.2 Å². The minimum absolute atomic E-state index is 0.0136. The Hall–Kier alpha value is -3.02. The summed E-state index contributed by atoms with van der Waals surface area (Å²) in [7, 11) is 0. The van der Waals surface area contributed by atoms with E-state index in [-0.39, 0.29) is 23.9 Å². The fourth-order valence-corrected chi connectivity index (χ4v) is 5.81. The fourth-order valence-electron chi connectivity index (χ4n) is 4.78. The SMILES string of the molecule is CC(C)Oc1ccc(C2NN=C(c3cccc4c3CCCC4)S2)cc1C#N.NCC(=O)N1CCCC1. The van der Waals surface area contributed by atoms with Crippen molar-refractivity contribution in [2.24, 2.45) is 10.8 Å². The van der Waals surface area contributed by atoms with Gasteiger partial charge in [0.1, 0.15) is 22.2 Å². The van der Waals surface area contributed by atoms with Crippen LogP contribution in [0.4, 0.5) is 0 Å². The molecule has 8 heteroatoms. The maximum atomic E-state index is 10.8. The number of likely N-dealkylation sites (tertiary alicyclic amines) is 1. The highest BCUT2D eigenvalue weighted by molar-refractivity contribution is 8.14. The number of carbonyl (C=O) groups excluding carboxylic acids is 1. The molecular weight excluding hydrogens is 470 g/mol. The smallest absolute Gasteiger partial charge is 0.236 e. The normalized spacial score (nSPS) is 18.5. The first-order valence-electron chi connectivity index (χ1n) is 12.8. The molecule has 1 atom stereocenters. The number of fused-ring (bicyclic) bond motifs is 1. The van der Waals surface area contributed by atoms with E-state index in [1.807, 2.05) is 36.9 Å². The molecule has 190 valence electrons. The predicted molar refractivity (Wildman–Crippen MR) is 145 cm³/mol. The highest BCUT2D eigenvalue weighted by atomic mass is 32.2. The first-order valence-corrected chi connectivity index (χ1v) is 13.7. The van der Waals surface area contributed by atoms with E-state index in [0.717, 1.165) is 43.0 Å². The molecule has 3 N–H and O–H groups in total. The summed E-state index contributed by atoms with van der Waals surface area (Å²) in [6.07, 6.45) is 7.16. The average molecular weight is 506 g/mol. The third-order valence-corrected chi connectivity index (χ3v) is 7.71. The first kappa shape index (κ1) is 26.1.